The van der Waals surface area contributed by atoms with Gasteiger partial charge in [-0.1, -0.05) is 36.4 Å². The maximum atomic E-state index is 13.0. The Hall–Kier alpha value is -1.57. The Labute approximate surface area is 131 Å². The van der Waals surface area contributed by atoms with E-state index >= 15 is 0 Å². The predicted octanol–water partition coefficient (Wildman–Crippen LogP) is 2.05. The van der Waals surface area contributed by atoms with Crippen LogP contribution >= 0.6 is 0 Å². The molecule has 0 aliphatic rings. The zero-order chi connectivity index (χ0) is 16.0. The first-order valence-electron chi connectivity index (χ1n) is 6.61. The van der Waals surface area contributed by atoms with Crippen LogP contribution in [0.3, 0.4) is 0 Å². The zero-order valence-electron chi connectivity index (χ0n) is 11.7. The number of sulfonamides is 1. The van der Waals surface area contributed by atoms with Crippen LogP contribution in [0.15, 0.2) is 59.5 Å². The van der Waals surface area contributed by atoms with Crippen LogP contribution in [-0.2, 0) is 26.6 Å². The molecule has 7 heteroatoms. The Morgan fingerprint density at radius 2 is 1.77 bits per heavy atom. The van der Waals surface area contributed by atoms with Crippen LogP contribution in [0.25, 0.3) is 0 Å². The molecule has 0 aliphatic carbocycles. The van der Waals surface area contributed by atoms with Gasteiger partial charge in [-0.25, -0.2) is 17.5 Å². The van der Waals surface area contributed by atoms with E-state index in [9.17, 15) is 17.0 Å². The topological polar surface area (TPSA) is 63.2 Å². The summed E-state index contributed by atoms with van der Waals surface area (Å²) in [6.07, 6.45) is 0. The quantitative estimate of drug-likeness (QED) is 0.838. The summed E-state index contributed by atoms with van der Waals surface area (Å²) >= 11 is 0. The standard InChI is InChI=1S/C15H16FNO3S2/c16-14-7-4-8-15(11-14)22(19,20)17-9-10-21(18)12-13-5-2-1-3-6-13/h1-8,11,17H,9-10,12H2/t21-/m1/s1. The number of hydrogen-bond donors (Lipinski definition) is 1. The minimum absolute atomic E-state index is 0.0400. The molecule has 0 aliphatic heterocycles. The summed E-state index contributed by atoms with van der Waals surface area (Å²) in [7, 11) is -4.94. The van der Waals surface area contributed by atoms with Crippen molar-refractivity contribution >= 4 is 20.8 Å². The molecule has 1 atom stereocenters. The van der Waals surface area contributed by atoms with Crippen LogP contribution in [-0.4, -0.2) is 24.9 Å². The van der Waals surface area contributed by atoms with Crippen molar-refractivity contribution in [3.8, 4) is 0 Å². The van der Waals surface area contributed by atoms with Crippen molar-refractivity contribution in [3.63, 3.8) is 0 Å². The second kappa shape index (κ2) is 7.62. The summed E-state index contributed by atoms with van der Waals surface area (Å²) in [6, 6.07) is 14.1. The van der Waals surface area contributed by atoms with Gasteiger partial charge in [-0.2, -0.15) is 0 Å². The Balaban J connectivity index is 1.86. The Kier molecular flexibility index (Phi) is 5.82. The van der Waals surface area contributed by atoms with E-state index in [-0.39, 0.29) is 17.2 Å². The van der Waals surface area contributed by atoms with Gasteiger partial charge in [0.05, 0.1) is 4.90 Å². The third-order valence-corrected chi connectivity index (χ3v) is 5.67. The monoisotopic (exact) mass is 341 g/mol. The van der Waals surface area contributed by atoms with E-state index < -0.39 is 26.6 Å². The highest BCUT2D eigenvalue weighted by atomic mass is 32.2. The second-order valence-corrected chi connectivity index (χ2v) is 7.97. The van der Waals surface area contributed by atoms with Crippen molar-refractivity contribution in [3.05, 3.63) is 66.0 Å². The lowest BCUT2D eigenvalue weighted by atomic mass is 10.2. The van der Waals surface area contributed by atoms with Gasteiger partial charge in [-0.15, -0.1) is 0 Å². The van der Waals surface area contributed by atoms with Crippen molar-refractivity contribution in [2.75, 3.05) is 12.3 Å². The van der Waals surface area contributed by atoms with Gasteiger partial charge >= 0.3 is 0 Å². The largest absolute Gasteiger partial charge is 0.259 e. The van der Waals surface area contributed by atoms with Crippen LogP contribution < -0.4 is 4.72 Å². The highest BCUT2D eigenvalue weighted by molar-refractivity contribution is 7.89. The molecule has 2 aromatic rings. The smallest absolute Gasteiger partial charge is 0.240 e. The fraction of sp³-hybridized carbons (Fsp3) is 0.200. The van der Waals surface area contributed by atoms with Gasteiger partial charge in [-0.3, -0.25) is 4.21 Å². The van der Waals surface area contributed by atoms with E-state index in [4.69, 9.17) is 0 Å². The van der Waals surface area contributed by atoms with Crippen LogP contribution in [0.1, 0.15) is 5.56 Å². The molecule has 0 fully saturated rings. The molecule has 0 saturated carbocycles. The van der Waals surface area contributed by atoms with Gasteiger partial charge in [0.1, 0.15) is 5.82 Å². The molecule has 1 N–H and O–H groups in total. The average molecular weight is 341 g/mol. The molecule has 118 valence electrons. The summed E-state index contributed by atoms with van der Waals surface area (Å²) in [6.45, 7) is 0.0400. The highest BCUT2D eigenvalue weighted by Crippen LogP contribution is 2.10. The van der Waals surface area contributed by atoms with Crippen LogP contribution in [0, 0.1) is 5.82 Å². The van der Waals surface area contributed by atoms with Crippen molar-refractivity contribution in [2.24, 2.45) is 0 Å². The first kappa shape index (κ1) is 16.8. The predicted molar refractivity (Wildman–Crippen MR) is 84.7 cm³/mol. The molecule has 2 aromatic carbocycles. The first-order chi connectivity index (χ1) is 10.5. The van der Waals surface area contributed by atoms with E-state index in [1.807, 2.05) is 30.3 Å². The van der Waals surface area contributed by atoms with Crippen molar-refractivity contribution < 1.29 is 17.0 Å². The third-order valence-electron chi connectivity index (χ3n) is 2.90. The number of rotatable bonds is 7. The van der Waals surface area contributed by atoms with Gasteiger partial charge in [0, 0.05) is 28.9 Å². The van der Waals surface area contributed by atoms with E-state index in [2.05, 4.69) is 4.72 Å². The molecular weight excluding hydrogens is 325 g/mol. The fourth-order valence-electron chi connectivity index (χ4n) is 1.84. The van der Waals surface area contributed by atoms with Gasteiger partial charge in [-0.05, 0) is 23.8 Å². The molecule has 22 heavy (non-hydrogen) atoms. The molecular formula is C15H16FNO3S2. The first-order valence-corrected chi connectivity index (χ1v) is 9.58. The van der Waals surface area contributed by atoms with E-state index in [0.29, 0.717) is 5.75 Å². The normalized spacial score (nSPS) is 13.0. The van der Waals surface area contributed by atoms with Gasteiger partial charge in [0.25, 0.3) is 0 Å². The molecule has 0 radical (unpaired) electrons. The average Bonchev–Trinajstić information content (AvgIpc) is 2.48. The van der Waals surface area contributed by atoms with Crippen LogP contribution in [0.5, 0.6) is 0 Å². The number of hydrogen-bond acceptors (Lipinski definition) is 3. The number of nitrogens with one attached hydrogen (secondary N) is 1. The van der Waals surface area contributed by atoms with Gasteiger partial charge in [0.15, 0.2) is 0 Å². The lowest BCUT2D eigenvalue weighted by molar-refractivity contribution is 0.580. The molecule has 0 amide bonds. The summed E-state index contributed by atoms with van der Waals surface area (Å²) in [4.78, 5) is -0.138. The van der Waals surface area contributed by atoms with E-state index in [1.165, 1.54) is 18.2 Å². The summed E-state index contributed by atoms with van der Waals surface area (Å²) in [5.74, 6) is -0.0399. The van der Waals surface area contributed by atoms with Crippen molar-refractivity contribution in [2.45, 2.75) is 10.6 Å². The van der Waals surface area contributed by atoms with Crippen LogP contribution in [0.2, 0.25) is 0 Å². The molecule has 2 rings (SSSR count). The minimum atomic E-state index is -3.78. The molecule has 0 unspecified atom stereocenters. The Bertz CT molecular complexity index is 748. The van der Waals surface area contributed by atoms with Gasteiger partial charge in [0.2, 0.25) is 10.0 Å². The van der Waals surface area contributed by atoms with E-state index in [0.717, 1.165) is 11.6 Å². The molecule has 0 heterocycles. The fourth-order valence-corrected chi connectivity index (χ4v) is 4.07. The molecule has 0 saturated heterocycles. The second-order valence-electron chi connectivity index (χ2n) is 4.63. The Morgan fingerprint density at radius 3 is 2.45 bits per heavy atom. The Morgan fingerprint density at radius 1 is 1.05 bits per heavy atom. The summed E-state index contributed by atoms with van der Waals surface area (Å²) in [5, 5.41) is 0. The molecule has 4 nitrogen and oxygen atoms in total. The maximum absolute atomic E-state index is 13.0. The molecule has 0 aromatic heterocycles. The number of benzene rings is 2. The van der Waals surface area contributed by atoms with Gasteiger partial charge < -0.3 is 0 Å². The van der Waals surface area contributed by atoms with Crippen molar-refractivity contribution in [1.82, 2.24) is 4.72 Å². The SMILES string of the molecule is O=[S@](CCNS(=O)(=O)c1cccc(F)c1)Cc1ccccc1. The van der Waals surface area contributed by atoms with Crippen LogP contribution in [0.4, 0.5) is 4.39 Å². The summed E-state index contributed by atoms with van der Waals surface area (Å²) in [5.41, 5.74) is 0.939. The lowest BCUT2D eigenvalue weighted by Crippen LogP contribution is -2.28. The van der Waals surface area contributed by atoms with E-state index in [1.54, 1.807) is 0 Å². The zero-order valence-corrected chi connectivity index (χ0v) is 13.4. The summed E-state index contributed by atoms with van der Waals surface area (Å²) < 4.78 is 51.2. The minimum Gasteiger partial charge on any atom is -0.259 e. The molecule has 0 bridgehead atoms. The highest BCUT2D eigenvalue weighted by Gasteiger charge is 2.14. The maximum Gasteiger partial charge on any atom is 0.240 e. The molecule has 0 spiro atoms. The third kappa shape index (κ3) is 5.01. The number of halogens is 1. The lowest BCUT2D eigenvalue weighted by Gasteiger charge is -2.07. The van der Waals surface area contributed by atoms with Crippen molar-refractivity contribution in [1.29, 1.82) is 0 Å².